The highest BCUT2D eigenvalue weighted by atomic mass is 32.1. The predicted molar refractivity (Wildman–Crippen MR) is 72.3 cm³/mol. The average Bonchev–Trinajstić information content (AvgIpc) is 2.85. The van der Waals surface area contributed by atoms with Crippen molar-refractivity contribution in [3.8, 4) is 5.75 Å². The summed E-state index contributed by atoms with van der Waals surface area (Å²) in [5.41, 5.74) is 1.76. The lowest BCUT2D eigenvalue weighted by molar-refractivity contribution is 0.101. The molecule has 0 aliphatic rings. The van der Waals surface area contributed by atoms with Crippen molar-refractivity contribution in [2.75, 3.05) is 0 Å². The number of nitrogens with zero attached hydrogens (tertiary/aromatic N) is 1. The van der Waals surface area contributed by atoms with Crippen LogP contribution in [0.15, 0.2) is 29.6 Å². The molecule has 1 aromatic carbocycles. The lowest BCUT2D eigenvalue weighted by Crippen LogP contribution is -1.97. The molecule has 0 atom stereocenters. The number of ether oxygens (including phenoxy) is 1. The van der Waals surface area contributed by atoms with E-state index in [1.54, 1.807) is 5.38 Å². The maximum absolute atomic E-state index is 11.1. The Morgan fingerprint density at radius 3 is 2.94 bits per heavy atom. The molecule has 0 aliphatic heterocycles. The molecular formula is C14H15NO2S. The van der Waals surface area contributed by atoms with Crippen LogP contribution in [0.2, 0.25) is 0 Å². The summed E-state index contributed by atoms with van der Waals surface area (Å²) in [6.45, 7) is 4.04. The van der Waals surface area contributed by atoms with Crippen LogP contribution in [0.3, 0.4) is 0 Å². The van der Waals surface area contributed by atoms with E-state index in [0.29, 0.717) is 12.3 Å². The number of aryl methyl sites for hydroxylation is 1. The second-order valence-electron chi connectivity index (χ2n) is 3.97. The van der Waals surface area contributed by atoms with Crippen molar-refractivity contribution in [3.63, 3.8) is 0 Å². The number of hydrogen-bond acceptors (Lipinski definition) is 4. The van der Waals surface area contributed by atoms with E-state index in [2.05, 4.69) is 18.0 Å². The fourth-order valence-electron chi connectivity index (χ4n) is 1.54. The lowest BCUT2D eigenvalue weighted by atomic mass is 10.2. The third-order valence-electron chi connectivity index (χ3n) is 2.58. The summed E-state index contributed by atoms with van der Waals surface area (Å²) < 4.78 is 5.66. The minimum absolute atomic E-state index is 0.00881. The molecule has 0 saturated carbocycles. The van der Waals surface area contributed by atoms with Gasteiger partial charge in [-0.25, -0.2) is 4.98 Å². The molecule has 18 heavy (non-hydrogen) atoms. The first-order valence-electron chi connectivity index (χ1n) is 5.86. The number of carbonyl (C=O) groups excluding carboxylic acids is 1. The molecule has 2 aromatic rings. The Kier molecular flexibility index (Phi) is 4.10. The van der Waals surface area contributed by atoms with Gasteiger partial charge in [-0.2, -0.15) is 0 Å². The Morgan fingerprint density at radius 1 is 1.44 bits per heavy atom. The minimum atomic E-state index is -0.00881. The van der Waals surface area contributed by atoms with Gasteiger partial charge in [0.15, 0.2) is 5.78 Å². The number of thiazole rings is 1. The number of Topliss-reactive ketones (excluding diaryl/α,β-unsaturated/α-hetero) is 1. The van der Waals surface area contributed by atoms with Crippen molar-refractivity contribution in [1.82, 2.24) is 4.98 Å². The zero-order valence-electron chi connectivity index (χ0n) is 10.5. The molecule has 4 heteroatoms. The van der Waals surface area contributed by atoms with E-state index in [1.807, 2.05) is 18.2 Å². The monoisotopic (exact) mass is 261 g/mol. The molecule has 0 bridgehead atoms. The van der Waals surface area contributed by atoms with Crippen molar-refractivity contribution in [2.45, 2.75) is 26.9 Å². The van der Waals surface area contributed by atoms with Gasteiger partial charge in [0.05, 0.1) is 0 Å². The van der Waals surface area contributed by atoms with Gasteiger partial charge < -0.3 is 4.74 Å². The molecule has 1 heterocycles. The molecule has 3 nitrogen and oxygen atoms in total. The Balaban J connectivity index is 1.99. The largest absolute Gasteiger partial charge is 0.486 e. The Labute approximate surface area is 110 Å². The smallest absolute Gasteiger partial charge is 0.178 e. The Hall–Kier alpha value is -1.68. The van der Waals surface area contributed by atoms with E-state index in [4.69, 9.17) is 4.74 Å². The third-order valence-corrected chi connectivity index (χ3v) is 3.40. The summed E-state index contributed by atoms with van der Waals surface area (Å²) in [5.74, 6) is 0.833. The normalized spacial score (nSPS) is 10.3. The number of aromatic nitrogens is 1. The van der Waals surface area contributed by atoms with Gasteiger partial charge >= 0.3 is 0 Å². The quantitative estimate of drug-likeness (QED) is 0.773. The first kappa shape index (κ1) is 12.8. The summed E-state index contributed by atoms with van der Waals surface area (Å²) in [4.78, 5) is 15.3. The first-order chi connectivity index (χ1) is 8.69. The van der Waals surface area contributed by atoms with E-state index in [-0.39, 0.29) is 5.78 Å². The molecule has 0 amide bonds. The van der Waals surface area contributed by atoms with Gasteiger partial charge in [0.25, 0.3) is 0 Å². The Morgan fingerprint density at radius 2 is 2.28 bits per heavy atom. The van der Waals surface area contributed by atoms with Crippen molar-refractivity contribution in [3.05, 3.63) is 45.9 Å². The maximum Gasteiger partial charge on any atom is 0.178 e. The topological polar surface area (TPSA) is 39.2 Å². The number of rotatable bonds is 5. The van der Waals surface area contributed by atoms with Crippen molar-refractivity contribution in [1.29, 1.82) is 0 Å². The number of carbonyl (C=O) groups is 1. The summed E-state index contributed by atoms with van der Waals surface area (Å²) in [6.07, 6.45) is 0.989. The number of ketones is 1. The van der Waals surface area contributed by atoms with Crippen molar-refractivity contribution < 1.29 is 9.53 Å². The van der Waals surface area contributed by atoms with Crippen LogP contribution in [-0.2, 0) is 13.0 Å². The molecule has 0 unspecified atom stereocenters. The standard InChI is InChI=1S/C14H15NO2S/c1-3-11-5-4-6-12(7-11)17-8-14-15-13(9-18-14)10(2)16/h4-7,9H,3,8H2,1-2H3. The van der Waals surface area contributed by atoms with Crippen LogP contribution >= 0.6 is 11.3 Å². The van der Waals surface area contributed by atoms with Crippen LogP contribution in [0.4, 0.5) is 0 Å². The Bertz CT molecular complexity index is 548. The highest BCUT2D eigenvalue weighted by Crippen LogP contribution is 2.17. The van der Waals surface area contributed by atoms with E-state index in [1.165, 1.54) is 23.8 Å². The van der Waals surface area contributed by atoms with E-state index in [0.717, 1.165) is 17.2 Å². The van der Waals surface area contributed by atoms with Gasteiger partial charge in [-0.05, 0) is 24.1 Å². The lowest BCUT2D eigenvalue weighted by Gasteiger charge is -2.05. The minimum Gasteiger partial charge on any atom is -0.486 e. The van der Waals surface area contributed by atoms with E-state index in [9.17, 15) is 4.79 Å². The third kappa shape index (κ3) is 3.17. The fourth-order valence-corrected chi connectivity index (χ4v) is 2.28. The molecule has 2 rings (SSSR count). The zero-order chi connectivity index (χ0) is 13.0. The molecule has 0 saturated heterocycles. The summed E-state index contributed by atoms with van der Waals surface area (Å²) in [5, 5.41) is 2.59. The highest BCUT2D eigenvalue weighted by Gasteiger charge is 2.06. The second kappa shape index (κ2) is 5.78. The molecule has 0 aliphatic carbocycles. The number of benzene rings is 1. The molecule has 0 spiro atoms. The fraction of sp³-hybridized carbons (Fsp3) is 0.286. The van der Waals surface area contributed by atoms with Crippen LogP contribution < -0.4 is 4.74 Å². The van der Waals surface area contributed by atoms with Gasteiger partial charge in [0, 0.05) is 12.3 Å². The molecule has 1 aromatic heterocycles. The first-order valence-corrected chi connectivity index (χ1v) is 6.74. The predicted octanol–water partition coefficient (Wildman–Crippen LogP) is 3.49. The van der Waals surface area contributed by atoms with Crippen LogP contribution in [0.5, 0.6) is 5.75 Å². The summed E-state index contributed by atoms with van der Waals surface area (Å²) >= 11 is 1.45. The SMILES string of the molecule is CCc1cccc(OCc2nc(C(C)=O)cs2)c1. The van der Waals surface area contributed by atoms with Gasteiger partial charge in [-0.15, -0.1) is 11.3 Å². The second-order valence-corrected chi connectivity index (χ2v) is 4.91. The van der Waals surface area contributed by atoms with E-state index >= 15 is 0 Å². The van der Waals surface area contributed by atoms with Crippen molar-refractivity contribution >= 4 is 17.1 Å². The van der Waals surface area contributed by atoms with Crippen LogP contribution in [0.25, 0.3) is 0 Å². The molecule has 0 fully saturated rings. The van der Waals surface area contributed by atoms with Crippen LogP contribution in [0.1, 0.15) is 34.9 Å². The van der Waals surface area contributed by atoms with Gasteiger partial charge in [0.2, 0.25) is 0 Å². The average molecular weight is 261 g/mol. The van der Waals surface area contributed by atoms with Gasteiger partial charge in [-0.1, -0.05) is 19.1 Å². The van der Waals surface area contributed by atoms with Crippen LogP contribution in [-0.4, -0.2) is 10.8 Å². The molecule has 94 valence electrons. The number of hydrogen-bond donors (Lipinski definition) is 0. The van der Waals surface area contributed by atoms with Gasteiger partial charge in [-0.3, -0.25) is 4.79 Å². The van der Waals surface area contributed by atoms with Crippen LogP contribution in [0, 0.1) is 0 Å². The molecule has 0 N–H and O–H groups in total. The maximum atomic E-state index is 11.1. The molecular weight excluding hydrogens is 246 g/mol. The van der Waals surface area contributed by atoms with Gasteiger partial charge in [0.1, 0.15) is 23.1 Å². The molecule has 0 radical (unpaired) electrons. The van der Waals surface area contributed by atoms with E-state index < -0.39 is 0 Å². The van der Waals surface area contributed by atoms with Crippen molar-refractivity contribution in [2.24, 2.45) is 0 Å². The highest BCUT2D eigenvalue weighted by molar-refractivity contribution is 7.09. The summed E-state index contributed by atoms with van der Waals surface area (Å²) in [6, 6.07) is 8.01. The summed E-state index contributed by atoms with van der Waals surface area (Å²) in [7, 11) is 0. The zero-order valence-corrected chi connectivity index (χ0v) is 11.3.